The Balaban J connectivity index is 1.79. The highest BCUT2D eigenvalue weighted by molar-refractivity contribution is 7.89. The molecule has 0 fully saturated rings. The second-order valence-corrected chi connectivity index (χ2v) is 7.58. The number of amides is 1. The van der Waals surface area contributed by atoms with Crippen molar-refractivity contribution in [1.29, 1.82) is 0 Å². The van der Waals surface area contributed by atoms with Gasteiger partial charge in [0.1, 0.15) is 22.1 Å². The van der Waals surface area contributed by atoms with Crippen LogP contribution < -0.4 is 23.8 Å². The Kier molecular flexibility index (Phi) is 5.24. The molecule has 2 aromatic carbocycles. The maximum Gasteiger partial charge on any atom is 0.269 e. The number of carbonyl (C=O) groups is 1. The van der Waals surface area contributed by atoms with Crippen LogP contribution >= 0.6 is 0 Å². The molecule has 8 nitrogen and oxygen atoms in total. The summed E-state index contributed by atoms with van der Waals surface area (Å²) in [6.07, 6.45) is -0.969. The van der Waals surface area contributed by atoms with E-state index in [0.717, 1.165) is 0 Å². The maximum atomic E-state index is 12.7. The van der Waals surface area contributed by atoms with Gasteiger partial charge in [-0.1, -0.05) is 12.1 Å². The predicted octanol–water partition coefficient (Wildman–Crippen LogP) is 1.41. The van der Waals surface area contributed by atoms with Gasteiger partial charge in [-0.25, -0.2) is 13.1 Å². The van der Waals surface area contributed by atoms with Gasteiger partial charge >= 0.3 is 0 Å². The quantitative estimate of drug-likeness (QED) is 0.799. The van der Waals surface area contributed by atoms with E-state index < -0.39 is 16.1 Å². The SMILES string of the molecule is COc1ccc(S(=O)(=O)NCC2Oc3ccccc3N(C)C2=O)c(OC)c1. The molecule has 0 radical (unpaired) electrons. The molecule has 0 aromatic heterocycles. The highest BCUT2D eigenvalue weighted by Gasteiger charge is 2.33. The highest BCUT2D eigenvalue weighted by Crippen LogP contribution is 2.33. The van der Waals surface area contributed by atoms with Gasteiger partial charge in [-0.15, -0.1) is 0 Å². The van der Waals surface area contributed by atoms with Crippen molar-refractivity contribution in [2.24, 2.45) is 0 Å². The monoisotopic (exact) mass is 392 g/mol. The molecule has 1 aliphatic heterocycles. The Labute approximate surface area is 157 Å². The minimum atomic E-state index is -3.93. The zero-order valence-corrected chi connectivity index (χ0v) is 15.9. The van der Waals surface area contributed by atoms with Crippen LogP contribution in [0.25, 0.3) is 0 Å². The number of rotatable bonds is 6. The molecule has 0 saturated heterocycles. The molecule has 1 atom stereocenters. The number of hydrogen-bond acceptors (Lipinski definition) is 6. The summed E-state index contributed by atoms with van der Waals surface area (Å²) >= 11 is 0. The van der Waals surface area contributed by atoms with E-state index in [1.54, 1.807) is 31.3 Å². The second-order valence-electron chi connectivity index (χ2n) is 5.84. The number of para-hydroxylation sites is 2. The van der Waals surface area contributed by atoms with Crippen LogP contribution in [0, 0.1) is 0 Å². The predicted molar refractivity (Wildman–Crippen MR) is 99.0 cm³/mol. The molecule has 1 amide bonds. The number of sulfonamides is 1. The second kappa shape index (κ2) is 7.45. The average molecular weight is 392 g/mol. The smallest absolute Gasteiger partial charge is 0.269 e. The molecular weight excluding hydrogens is 372 g/mol. The van der Waals surface area contributed by atoms with Crippen molar-refractivity contribution in [3.05, 3.63) is 42.5 Å². The number of carbonyl (C=O) groups excluding carboxylic acids is 1. The van der Waals surface area contributed by atoms with E-state index in [1.807, 2.05) is 0 Å². The number of hydrogen-bond donors (Lipinski definition) is 1. The molecule has 144 valence electrons. The topological polar surface area (TPSA) is 94.2 Å². The molecule has 9 heteroatoms. The third kappa shape index (κ3) is 3.69. The molecule has 1 unspecified atom stereocenters. The summed E-state index contributed by atoms with van der Waals surface area (Å²) in [5, 5.41) is 0. The third-order valence-electron chi connectivity index (χ3n) is 4.22. The Hall–Kier alpha value is -2.78. The number of anilines is 1. The number of fused-ring (bicyclic) bond motifs is 1. The number of methoxy groups -OCH3 is 2. The standard InChI is InChI=1S/C18H20N2O6S/c1-20-13-6-4-5-7-14(13)26-16(18(20)21)11-19-27(22,23)17-9-8-12(24-2)10-15(17)25-3/h4-10,16,19H,11H2,1-3H3. The molecule has 27 heavy (non-hydrogen) atoms. The van der Waals surface area contributed by atoms with Crippen LogP contribution in [0.4, 0.5) is 5.69 Å². The first-order chi connectivity index (χ1) is 12.9. The van der Waals surface area contributed by atoms with Gasteiger partial charge in [-0.3, -0.25) is 4.79 Å². The lowest BCUT2D eigenvalue weighted by Crippen LogP contribution is -2.49. The zero-order chi connectivity index (χ0) is 19.6. The van der Waals surface area contributed by atoms with Crippen molar-refractivity contribution in [1.82, 2.24) is 4.72 Å². The van der Waals surface area contributed by atoms with Gasteiger partial charge in [0.15, 0.2) is 6.10 Å². The first kappa shape index (κ1) is 19.0. The molecule has 1 aliphatic rings. The Morgan fingerprint density at radius 2 is 1.89 bits per heavy atom. The van der Waals surface area contributed by atoms with Crippen molar-refractivity contribution in [2.45, 2.75) is 11.0 Å². The van der Waals surface area contributed by atoms with Crippen LogP contribution in [0.1, 0.15) is 0 Å². The summed E-state index contributed by atoms with van der Waals surface area (Å²) in [5.74, 6) is 0.791. The number of likely N-dealkylation sites (N-methyl/N-ethyl adjacent to an activating group) is 1. The van der Waals surface area contributed by atoms with Crippen LogP contribution in [0.15, 0.2) is 47.4 Å². The lowest BCUT2D eigenvalue weighted by Gasteiger charge is -2.31. The van der Waals surface area contributed by atoms with Crippen molar-refractivity contribution in [3.8, 4) is 17.2 Å². The normalized spacial score (nSPS) is 16.5. The molecular formula is C18H20N2O6S. The fourth-order valence-corrected chi connectivity index (χ4v) is 3.94. The minimum absolute atomic E-state index is 0.0530. The molecule has 1 heterocycles. The summed E-state index contributed by atoms with van der Waals surface area (Å²) in [5.41, 5.74) is 0.637. The van der Waals surface area contributed by atoms with Crippen molar-refractivity contribution in [3.63, 3.8) is 0 Å². The average Bonchev–Trinajstić information content (AvgIpc) is 2.69. The molecule has 2 aromatic rings. The van der Waals surface area contributed by atoms with Crippen LogP contribution in [0.5, 0.6) is 17.2 Å². The first-order valence-corrected chi connectivity index (χ1v) is 9.60. The Bertz CT molecular complexity index is 960. The number of benzene rings is 2. The highest BCUT2D eigenvalue weighted by atomic mass is 32.2. The van der Waals surface area contributed by atoms with Crippen LogP contribution in [-0.4, -0.2) is 48.2 Å². The minimum Gasteiger partial charge on any atom is -0.497 e. The molecule has 0 bridgehead atoms. The van der Waals surface area contributed by atoms with E-state index in [2.05, 4.69) is 4.72 Å². The molecule has 0 saturated carbocycles. The van der Waals surface area contributed by atoms with Crippen LogP contribution in [-0.2, 0) is 14.8 Å². The number of nitrogens with zero attached hydrogens (tertiary/aromatic N) is 1. The summed E-state index contributed by atoms with van der Waals surface area (Å²) < 4.78 is 43.7. The van der Waals surface area contributed by atoms with Gasteiger partial charge < -0.3 is 19.1 Å². The van der Waals surface area contributed by atoms with Gasteiger partial charge in [0, 0.05) is 13.1 Å². The summed E-state index contributed by atoms with van der Waals surface area (Å²) in [4.78, 5) is 13.9. The Morgan fingerprint density at radius 1 is 1.15 bits per heavy atom. The lowest BCUT2D eigenvalue weighted by molar-refractivity contribution is -0.125. The zero-order valence-electron chi connectivity index (χ0n) is 15.1. The van der Waals surface area contributed by atoms with Crippen LogP contribution in [0.3, 0.4) is 0 Å². The van der Waals surface area contributed by atoms with Crippen molar-refractivity contribution < 1.29 is 27.4 Å². The van der Waals surface area contributed by atoms with Gasteiger partial charge in [0.25, 0.3) is 5.91 Å². The van der Waals surface area contributed by atoms with E-state index in [1.165, 1.54) is 37.3 Å². The third-order valence-corrected chi connectivity index (χ3v) is 5.68. The van der Waals surface area contributed by atoms with Gasteiger partial charge in [-0.2, -0.15) is 0 Å². The summed E-state index contributed by atoms with van der Waals surface area (Å²) in [6, 6.07) is 11.4. The van der Waals surface area contributed by atoms with Gasteiger partial charge in [-0.05, 0) is 24.3 Å². The van der Waals surface area contributed by atoms with E-state index in [9.17, 15) is 13.2 Å². The van der Waals surface area contributed by atoms with E-state index in [0.29, 0.717) is 17.2 Å². The number of ether oxygens (including phenoxy) is 3. The first-order valence-electron chi connectivity index (χ1n) is 8.12. The van der Waals surface area contributed by atoms with Crippen molar-refractivity contribution >= 4 is 21.6 Å². The van der Waals surface area contributed by atoms with E-state index >= 15 is 0 Å². The maximum absolute atomic E-state index is 12.7. The van der Waals surface area contributed by atoms with Gasteiger partial charge in [0.2, 0.25) is 10.0 Å². The largest absolute Gasteiger partial charge is 0.497 e. The summed E-state index contributed by atoms with van der Waals surface area (Å²) in [6.45, 7) is -0.213. The Morgan fingerprint density at radius 3 is 2.59 bits per heavy atom. The number of nitrogens with one attached hydrogen (secondary N) is 1. The van der Waals surface area contributed by atoms with Gasteiger partial charge in [0.05, 0.1) is 26.5 Å². The molecule has 0 aliphatic carbocycles. The molecule has 1 N–H and O–H groups in total. The molecule has 0 spiro atoms. The van der Waals surface area contributed by atoms with Crippen molar-refractivity contribution in [2.75, 3.05) is 32.7 Å². The lowest BCUT2D eigenvalue weighted by atomic mass is 10.2. The molecule has 3 rings (SSSR count). The fraction of sp³-hybridized carbons (Fsp3) is 0.278. The summed E-state index contributed by atoms with van der Waals surface area (Å²) in [7, 11) is 0.538. The fourth-order valence-electron chi connectivity index (χ4n) is 2.76. The van der Waals surface area contributed by atoms with E-state index in [4.69, 9.17) is 14.2 Å². The van der Waals surface area contributed by atoms with E-state index in [-0.39, 0.29) is 23.1 Å². The van der Waals surface area contributed by atoms with Crippen LogP contribution in [0.2, 0.25) is 0 Å².